The van der Waals surface area contributed by atoms with E-state index in [9.17, 15) is 5.21 Å². The second-order valence-electron chi connectivity index (χ2n) is 7.33. The van der Waals surface area contributed by atoms with E-state index in [2.05, 4.69) is 0 Å². The maximum atomic E-state index is 10.9. The van der Waals surface area contributed by atoms with Crippen LogP contribution in [0.15, 0.2) is 29.3 Å². The van der Waals surface area contributed by atoms with Gasteiger partial charge in [-0.2, -0.15) is 5.23 Å². The Hall–Kier alpha value is -1.23. The monoisotopic (exact) mass is 286 g/mol. The van der Waals surface area contributed by atoms with Gasteiger partial charge >= 0.3 is 0 Å². The second kappa shape index (κ2) is 4.90. The zero-order valence-electron chi connectivity index (χ0n) is 12.2. The van der Waals surface area contributed by atoms with Crippen LogP contribution in [0.5, 0.6) is 0 Å². The first-order valence-corrected chi connectivity index (χ1v) is 8.00. The Balaban J connectivity index is 1.52. The maximum absolute atomic E-state index is 10.9. The van der Waals surface area contributed by atoms with Gasteiger partial charge in [0.25, 0.3) is 0 Å². The Morgan fingerprint density at radius 3 is 2.05 bits per heavy atom. The Bertz CT molecular complexity index is 515. The normalized spacial score (nSPS) is 39.0. The summed E-state index contributed by atoms with van der Waals surface area (Å²) in [7, 11) is 0. The van der Waals surface area contributed by atoms with Crippen molar-refractivity contribution in [2.75, 3.05) is 0 Å². The molecule has 0 amide bonds. The minimum absolute atomic E-state index is 0.195. The van der Waals surface area contributed by atoms with Crippen LogP contribution in [-0.4, -0.2) is 17.0 Å². The summed E-state index contributed by atoms with van der Waals surface area (Å²) in [6.45, 7) is 0. The lowest BCUT2D eigenvalue weighted by molar-refractivity contribution is -0.991. The molecule has 4 heteroatoms. The average molecular weight is 286 g/mol. The molecule has 0 heterocycles. The number of hydrogen-bond acceptors (Lipinski definition) is 3. The van der Waals surface area contributed by atoms with E-state index in [1.165, 1.54) is 38.5 Å². The molecule has 4 nitrogen and oxygen atoms in total. The van der Waals surface area contributed by atoms with Crippen LogP contribution in [0.3, 0.4) is 0 Å². The predicted molar refractivity (Wildman–Crippen MR) is 80.7 cm³/mol. The smallest absolute Gasteiger partial charge is 0.163 e. The van der Waals surface area contributed by atoms with E-state index in [1.54, 1.807) is 12.1 Å². The van der Waals surface area contributed by atoms with Gasteiger partial charge in [-0.25, -0.2) is 5.21 Å². The Morgan fingerprint density at radius 2 is 1.57 bits per heavy atom. The average Bonchev–Trinajstić information content (AvgIpc) is 2.44. The first-order chi connectivity index (χ1) is 10.1. The van der Waals surface area contributed by atoms with Crippen LogP contribution in [0.4, 0.5) is 5.69 Å². The predicted octanol–water partition coefficient (Wildman–Crippen LogP) is 2.48. The summed E-state index contributed by atoms with van der Waals surface area (Å²) in [6, 6.07) is 7.02. The van der Waals surface area contributed by atoms with Crippen molar-refractivity contribution in [1.29, 1.82) is 0 Å². The Labute approximate surface area is 125 Å². The van der Waals surface area contributed by atoms with Crippen LogP contribution < -0.4 is 5.23 Å². The molecule has 4 fully saturated rings. The molecule has 112 valence electrons. The molecular formula is C17H22N2O2. The molecule has 1 aromatic rings. The van der Waals surface area contributed by atoms with Crippen molar-refractivity contribution in [3.05, 3.63) is 35.0 Å². The summed E-state index contributed by atoms with van der Waals surface area (Å²) in [6.07, 6.45) is 10.1. The van der Waals surface area contributed by atoms with E-state index in [1.807, 2.05) is 18.3 Å². The molecule has 4 bridgehead atoms. The number of hydrogen-bond donors (Lipinski definition) is 2. The summed E-state index contributed by atoms with van der Waals surface area (Å²) < 4.78 is 0. The lowest BCUT2D eigenvalue weighted by atomic mass is 9.53. The van der Waals surface area contributed by atoms with E-state index in [0.717, 1.165) is 23.3 Å². The number of benzene rings is 1. The standard InChI is InChI=1S/C17H22N2O2/c20-19(21)16-3-1-12(2-4-16)11-18-17-8-13-5-14(9-17)7-15(6-13)10-17/h1-4,11,13-15,19-20H,5-10H2. The lowest BCUT2D eigenvalue weighted by Gasteiger charge is -2.54. The van der Waals surface area contributed by atoms with Crippen LogP contribution in [0.1, 0.15) is 44.1 Å². The molecule has 1 unspecified atom stereocenters. The molecule has 4 saturated carbocycles. The van der Waals surface area contributed by atoms with Crippen molar-refractivity contribution < 1.29 is 10.4 Å². The third kappa shape index (κ3) is 2.52. The molecule has 4 aliphatic rings. The van der Waals surface area contributed by atoms with Crippen LogP contribution in [-0.2, 0) is 0 Å². The zero-order valence-corrected chi connectivity index (χ0v) is 12.2. The highest BCUT2D eigenvalue weighted by Gasteiger charge is 2.50. The summed E-state index contributed by atoms with van der Waals surface area (Å²) in [5, 5.41) is 18.9. The number of nitrogens with one attached hydrogen (secondary N) is 1. The van der Waals surface area contributed by atoms with Crippen molar-refractivity contribution in [2.45, 2.75) is 44.1 Å². The van der Waals surface area contributed by atoms with E-state index < -0.39 is 5.23 Å². The molecule has 1 aromatic carbocycles. The van der Waals surface area contributed by atoms with Crippen LogP contribution in [0, 0.1) is 23.0 Å². The first-order valence-electron chi connectivity index (χ1n) is 8.00. The lowest BCUT2D eigenvalue weighted by Crippen LogP contribution is -2.99. The molecule has 4 aliphatic carbocycles. The van der Waals surface area contributed by atoms with E-state index in [0.29, 0.717) is 5.69 Å². The molecule has 1 atom stereocenters. The van der Waals surface area contributed by atoms with E-state index in [-0.39, 0.29) is 5.54 Å². The van der Waals surface area contributed by atoms with Gasteiger partial charge in [-0.15, -0.1) is 0 Å². The van der Waals surface area contributed by atoms with Crippen molar-refractivity contribution in [1.82, 2.24) is 0 Å². The van der Waals surface area contributed by atoms with Crippen molar-refractivity contribution >= 4 is 11.9 Å². The van der Waals surface area contributed by atoms with E-state index in [4.69, 9.17) is 10.2 Å². The highest BCUT2D eigenvalue weighted by Crippen LogP contribution is 2.57. The summed E-state index contributed by atoms with van der Waals surface area (Å²) in [5.74, 6) is 2.72. The highest BCUT2D eigenvalue weighted by molar-refractivity contribution is 5.80. The van der Waals surface area contributed by atoms with Gasteiger partial charge < -0.3 is 5.21 Å². The number of aliphatic imine (C=N–C) groups is 1. The molecule has 0 aliphatic heterocycles. The fourth-order valence-electron chi connectivity index (χ4n) is 5.15. The number of rotatable bonds is 3. The molecular weight excluding hydrogens is 264 g/mol. The quantitative estimate of drug-likeness (QED) is 0.662. The largest absolute Gasteiger partial charge is 0.595 e. The first kappa shape index (κ1) is 13.4. The molecule has 0 radical (unpaired) electrons. The molecule has 0 aromatic heterocycles. The molecule has 21 heavy (non-hydrogen) atoms. The van der Waals surface area contributed by atoms with Crippen LogP contribution >= 0.6 is 0 Å². The van der Waals surface area contributed by atoms with Gasteiger partial charge in [0, 0.05) is 18.3 Å². The van der Waals surface area contributed by atoms with Gasteiger partial charge in [0.2, 0.25) is 0 Å². The molecule has 2 N–H and O–H groups in total. The second-order valence-corrected chi connectivity index (χ2v) is 7.33. The van der Waals surface area contributed by atoms with Crippen molar-refractivity contribution in [3.63, 3.8) is 0 Å². The number of quaternary nitrogens is 1. The number of nitrogens with zero attached hydrogens (tertiary/aromatic N) is 1. The summed E-state index contributed by atoms with van der Waals surface area (Å²) >= 11 is 0. The fraction of sp³-hybridized carbons (Fsp3) is 0.588. The molecule has 0 spiro atoms. The zero-order chi connectivity index (χ0) is 14.4. The molecule has 5 rings (SSSR count). The van der Waals surface area contributed by atoms with Gasteiger partial charge in [0.05, 0.1) is 5.54 Å². The summed E-state index contributed by atoms with van der Waals surface area (Å²) in [4.78, 5) is 4.99. The fourth-order valence-corrected chi connectivity index (χ4v) is 5.15. The molecule has 0 saturated heterocycles. The highest BCUT2D eigenvalue weighted by atomic mass is 16.8. The van der Waals surface area contributed by atoms with Gasteiger partial charge in [0.1, 0.15) is 0 Å². The topological polar surface area (TPSA) is 60.1 Å². The third-order valence-electron chi connectivity index (χ3n) is 5.65. The summed E-state index contributed by atoms with van der Waals surface area (Å²) in [5.41, 5.74) is 1.54. The van der Waals surface area contributed by atoms with Crippen LogP contribution in [0.25, 0.3) is 0 Å². The minimum atomic E-state index is -0.875. The van der Waals surface area contributed by atoms with E-state index >= 15 is 0 Å². The third-order valence-corrected chi connectivity index (χ3v) is 5.65. The maximum Gasteiger partial charge on any atom is 0.163 e. The van der Waals surface area contributed by atoms with Gasteiger partial charge in [-0.3, -0.25) is 4.99 Å². The SMILES string of the molecule is [O-][NH+](O)c1ccc(C=NC23CC4CC(CC(C4)C2)C3)cc1. The van der Waals surface area contributed by atoms with Gasteiger partial charge in [-0.05, 0) is 74.0 Å². The van der Waals surface area contributed by atoms with Crippen molar-refractivity contribution in [3.8, 4) is 0 Å². The van der Waals surface area contributed by atoms with Crippen LogP contribution in [0.2, 0.25) is 0 Å². The van der Waals surface area contributed by atoms with Gasteiger partial charge in [0.15, 0.2) is 5.69 Å². The Kier molecular flexibility index (Phi) is 3.14. The van der Waals surface area contributed by atoms with Gasteiger partial charge in [-0.1, -0.05) is 0 Å². The Morgan fingerprint density at radius 1 is 1.05 bits per heavy atom. The van der Waals surface area contributed by atoms with Crippen molar-refractivity contribution in [2.24, 2.45) is 22.7 Å². The minimum Gasteiger partial charge on any atom is -0.595 e.